The van der Waals surface area contributed by atoms with E-state index in [1.54, 1.807) is 12.4 Å². The molecule has 5 heterocycles. The highest BCUT2D eigenvalue weighted by Crippen LogP contribution is 2.30. The van der Waals surface area contributed by atoms with Gasteiger partial charge < -0.3 is 4.98 Å². The highest BCUT2D eigenvalue weighted by atomic mass is 15.2. The molecule has 0 aliphatic carbocycles. The third-order valence-corrected chi connectivity index (χ3v) is 4.88. The van der Waals surface area contributed by atoms with Crippen LogP contribution in [0.3, 0.4) is 0 Å². The van der Waals surface area contributed by atoms with E-state index in [2.05, 4.69) is 30.4 Å². The lowest BCUT2D eigenvalue weighted by atomic mass is 10.1. The average Bonchev–Trinajstić information content (AvgIpc) is 3.52. The monoisotopic (exact) mass is 378 g/mol. The lowest BCUT2D eigenvalue weighted by molar-refractivity contribution is 1.09. The third kappa shape index (κ3) is 2.50. The van der Waals surface area contributed by atoms with Gasteiger partial charge in [0.2, 0.25) is 0 Å². The highest BCUT2D eigenvalue weighted by molar-refractivity contribution is 5.95. The van der Waals surface area contributed by atoms with E-state index in [1.807, 2.05) is 54.7 Å². The minimum atomic E-state index is 0.659. The van der Waals surface area contributed by atoms with Crippen molar-refractivity contribution in [2.24, 2.45) is 0 Å². The molecule has 138 valence electrons. The van der Waals surface area contributed by atoms with Crippen molar-refractivity contribution in [3.63, 3.8) is 0 Å². The van der Waals surface area contributed by atoms with Crippen molar-refractivity contribution in [3.05, 3.63) is 67.1 Å². The number of imidazole rings is 1. The number of benzene rings is 1. The molecule has 0 saturated heterocycles. The zero-order chi connectivity index (χ0) is 19.2. The molecular weight excluding hydrogens is 364 g/mol. The van der Waals surface area contributed by atoms with Gasteiger partial charge in [-0.3, -0.25) is 15.2 Å². The van der Waals surface area contributed by atoms with E-state index in [4.69, 9.17) is 9.97 Å². The highest BCUT2D eigenvalue weighted by Gasteiger charge is 2.17. The first-order valence-electron chi connectivity index (χ1n) is 9.11. The van der Waals surface area contributed by atoms with Crippen LogP contribution in [0.2, 0.25) is 0 Å². The number of aromatic nitrogens is 8. The molecule has 0 aliphatic rings. The van der Waals surface area contributed by atoms with Gasteiger partial charge in [0.1, 0.15) is 5.52 Å². The maximum atomic E-state index is 4.84. The molecule has 0 unspecified atom stereocenters. The van der Waals surface area contributed by atoms with E-state index in [-0.39, 0.29) is 0 Å². The number of fused-ring (bicyclic) bond motifs is 2. The SMILES string of the molecule is c1ccc(-c2cccc3[nH]c(-c4n[nH]c5ccc(-c6cn[nH]c6)nc45)nc23)nc1. The number of H-pyrrole nitrogens is 3. The Kier molecular flexibility index (Phi) is 3.30. The Balaban J connectivity index is 1.54. The Hall–Kier alpha value is -4.33. The normalized spacial score (nSPS) is 11.4. The van der Waals surface area contributed by atoms with Crippen LogP contribution in [-0.4, -0.2) is 40.3 Å². The Morgan fingerprint density at radius 3 is 2.66 bits per heavy atom. The Morgan fingerprint density at radius 2 is 1.79 bits per heavy atom. The zero-order valence-electron chi connectivity index (χ0n) is 15.1. The van der Waals surface area contributed by atoms with Gasteiger partial charge in [-0.2, -0.15) is 10.2 Å². The predicted octanol–water partition coefficient (Wildman–Crippen LogP) is 3.95. The van der Waals surface area contributed by atoms with Gasteiger partial charge in [-0.1, -0.05) is 18.2 Å². The number of nitrogens with zero attached hydrogens (tertiary/aromatic N) is 5. The lowest BCUT2D eigenvalue weighted by Gasteiger charge is -2.00. The number of rotatable bonds is 3. The molecule has 1 aromatic carbocycles. The van der Waals surface area contributed by atoms with Crippen LogP contribution in [0.25, 0.3) is 56.1 Å². The number of hydrogen-bond donors (Lipinski definition) is 3. The number of hydrogen-bond acceptors (Lipinski definition) is 5. The Labute approximate surface area is 164 Å². The number of nitrogens with one attached hydrogen (secondary N) is 3. The smallest absolute Gasteiger partial charge is 0.161 e. The van der Waals surface area contributed by atoms with Crippen LogP contribution in [0.1, 0.15) is 0 Å². The molecule has 3 N–H and O–H groups in total. The van der Waals surface area contributed by atoms with Crippen molar-refractivity contribution in [2.45, 2.75) is 0 Å². The van der Waals surface area contributed by atoms with Gasteiger partial charge in [0.15, 0.2) is 11.5 Å². The van der Waals surface area contributed by atoms with Gasteiger partial charge >= 0.3 is 0 Å². The van der Waals surface area contributed by atoms with E-state index in [9.17, 15) is 0 Å². The summed E-state index contributed by atoms with van der Waals surface area (Å²) in [5.41, 5.74) is 7.63. The van der Waals surface area contributed by atoms with Crippen molar-refractivity contribution in [1.82, 2.24) is 40.3 Å². The van der Waals surface area contributed by atoms with Crippen LogP contribution in [0.15, 0.2) is 67.1 Å². The molecule has 29 heavy (non-hydrogen) atoms. The second-order valence-electron chi connectivity index (χ2n) is 6.65. The van der Waals surface area contributed by atoms with Crippen LogP contribution >= 0.6 is 0 Å². The van der Waals surface area contributed by atoms with Gasteiger partial charge in [0.25, 0.3) is 0 Å². The summed E-state index contributed by atoms with van der Waals surface area (Å²) >= 11 is 0. The fraction of sp³-hybridized carbons (Fsp3) is 0. The fourth-order valence-electron chi connectivity index (χ4n) is 3.49. The molecule has 0 fully saturated rings. The minimum absolute atomic E-state index is 0.659. The topological polar surface area (TPSA) is 112 Å². The molecule has 6 aromatic rings. The molecule has 0 radical (unpaired) electrons. The van der Waals surface area contributed by atoms with Crippen LogP contribution in [0.4, 0.5) is 0 Å². The van der Waals surface area contributed by atoms with Crippen LogP contribution in [-0.2, 0) is 0 Å². The molecule has 6 rings (SSSR count). The summed E-state index contributed by atoms with van der Waals surface area (Å²) in [6.45, 7) is 0. The first-order valence-corrected chi connectivity index (χ1v) is 9.11. The predicted molar refractivity (Wildman–Crippen MR) is 110 cm³/mol. The lowest BCUT2D eigenvalue weighted by Crippen LogP contribution is -1.86. The van der Waals surface area contributed by atoms with E-state index in [0.717, 1.165) is 44.6 Å². The molecule has 0 amide bonds. The molecule has 8 heteroatoms. The molecule has 0 atom stereocenters. The number of para-hydroxylation sites is 1. The average molecular weight is 378 g/mol. The Bertz CT molecular complexity index is 1440. The first-order chi connectivity index (χ1) is 14.4. The zero-order valence-corrected chi connectivity index (χ0v) is 15.1. The molecule has 5 aromatic heterocycles. The molecular formula is C21H14N8. The van der Waals surface area contributed by atoms with Crippen LogP contribution in [0, 0.1) is 0 Å². The van der Waals surface area contributed by atoms with Gasteiger partial charge in [-0.25, -0.2) is 9.97 Å². The van der Waals surface area contributed by atoms with Gasteiger partial charge in [-0.15, -0.1) is 0 Å². The molecule has 0 spiro atoms. The van der Waals surface area contributed by atoms with Crippen LogP contribution in [0.5, 0.6) is 0 Å². The quantitative estimate of drug-likeness (QED) is 0.432. The van der Waals surface area contributed by atoms with Crippen molar-refractivity contribution >= 4 is 22.1 Å². The molecule has 8 nitrogen and oxygen atoms in total. The summed E-state index contributed by atoms with van der Waals surface area (Å²) in [7, 11) is 0. The first kappa shape index (κ1) is 15.7. The molecule has 0 bridgehead atoms. The largest absolute Gasteiger partial charge is 0.336 e. The van der Waals surface area contributed by atoms with E-state index in [1.165, 1.54) is 0 Å². The van der Waals surface area contributed by atoms with Crippen LogP contribution < -0.4 is 0 Å². The van der Waals surface area contributed by atoms with Gasteiger partial charge in [0, 0.05) is 23.5 Å². The summed E-state index contributed by atoms with van der Waals surface area (Å²) in [6, 6.07) is 15.8. The van der Waals surface area contributed by atoms with Gasteiger partial charge in [-0.05, 0) is 30.3 Å². The van der Waals surface area contributed by atoms with E-state index < -0.39 is 0 Å². The van der Waals surface area contributed by atoms with Gasteiger partial charge in [0.05, 0.1) is 34.1 Å². The minimum Gasteiger partial charge on any atom is -0.336 e. The van der Waals surface area contributed by atoms with Crippen molar-refractivity contribution in [3.8, 4) is 34.0 Å². The van der Waals surface area contributed by atoms with E-state index >= 15 is 0 Å². The number of pyridine rings is 2. The summed E-state index contributed by atoms with van der Waals surface area (Å²) in [6.07, 6.45) is 5.34. The third-order valence-electron chi connectivity index (χ3n) is 4.88. The standard InChI is InChI=1S/C21H14N8/c1-2-9-22-15(5-1)13-4-3-6-16-18(13)27-21(26-16)20-19-17(28-29-20)8-7-14(25-19)12-10-23-24-11-12/h1-11H,(H,23,24)(H,26,27)(H,28,29). The molecule has 0 saturated carbocycles. The second kappa shape index (κ2) is 6.10. The molecule has 0 aliphatic heterocycles. The summed E-state index contributed by atoms with van der Waals surface area (Å²) < 4.78 is 0. The number of aromatic amines is 3. The van der Waals surface area contributed by atoms with Crippen molar-refractivity contribution in [1.29, 1.82) is 0 Å². The second-order valence-corrected chi connectivity index (χ2v) is 6.65. The van der Waals surface area contributed by atoms with Crippen molar-refractivity contribution < 1.29 is 0 Å². The van der Waals surface area contributed by atoms with E-state index in [0.29, 0.717) is 11.5 Å². The maximum absolute atomic E-state index is 4.84. The summed E-state index contributed by atoms with van der Waals surface area (Å²) in [4.78, 5) is 17.5. The fourth-order valence-corrected chi connectivity index (χ4v) is 3.49. The summed E-state index contributed by atoms with van der Waals surface area (Å²) in [5, 5.41) is 14.3. The summed E-state index contributed by atoms with van der Waals surface area (Å²) in [5.74, 6) is 0.659. The Morgan fingerprint density at radius 1 is 0.793 bits per heavy atom. The maximum Gasteiger partial charge on any atom is 0.161 e. The van der Waals surface area contributed by atoms with Crippen molar-refractivity contribution in [2.75, 3.05) is 0 Å².